The number of sulfonamides is 1. The highest BCUT2D eigenvalue weighted by Crippen LogP contribution is 2.27. The van der Waals surface area contributed by atoms with Crippen molar-refractivity contribution >= 4 is 27.5 Å². The Labute approximate surface area is 265 Å². The van der Waals surface area contributed by atoms with Crippen LogP contribution < -0.4 is 9.62 Å². The second-order valence-electron chi connectivity index (χ2n) is 11.6. The van der Waals surface area contributed by atoms with Crippen molar-refractivity contribution in [3.8, 4) is 0 Å². The van der Waals surface area contributed by atoms with Crippen LogP contribution in [0.4, 0.5) is 10.1 Å². The van der Waals surface area contributed by atoms with E-state index in [0.717, 1.165) is 26.6 Å². The van der Waals surface area contributed by atoms with Crippen LogP contribution in [0.2, 0.25) is 0 Å². The van der Waals surface area contributed by atoms with Crippen molar-refractivity contribution < 1.29 is 22.4 Å². The minimum absolute atomic E-state index is 0.0261. The lowest BCUT2D eigenvalue weighted by Crippen LogP contribution is -2.54. The Balaban J connectivity index is 1.83. The second-order valence-corrected chi connectivity index (χ2v) is 13.4. The highest BCUT2D eigenvalue weighted by atomic mass is 32.2. The van der Waals surface area contributed by atoms with Crippen LogP contribution in [-0.4, -0.2) is 43.8 Å². The summed E-state index contributed by atoms with van der Waals surface area (Å²) >= 11 is 0. The number of nitrogens with one attached hydrogen (secondary N) is 1. The molecule has 7 nitrogen and oxygen atoms in total. The standard InChI is InChI=1S/C36H40FN3O4S/c1-25(2)38-36(42)34(22-29-11-7-6-8-12-29)39(23-30-13-9-10-14-33(30)37)35(41)24-40(31-18-17-27(4)28(5)21-31)45(43,44)32-19-15-26(3)16-20-32/h6-21,25,34H,22-24H2,1-5H3,(H,38,42)/t34-/m0/s1. The van der Waals surface area contributed by atoms with Crippen LogP contribution in [-0.2, 0) is 32.6 Å². The lowest BCUT2D eigenvalue weighted by molar-refractivity contribution is -0.140. The van der Waals surface area contributed by atoms with E-state index in [-0.39, 0.29) is 29.5 Å². The summed E-state index contributed by atoms with van der Waals surface area (Å²) in [5.74, 6) is -1.60. The normalized spacial score (nSPS) is 12.1. The number of nitrogens with zero attached hydrogens (tertiary/aromatic N) is 2. The minimum atomic E-state index is -4.22. The summed E-state index contributed by atoms with van der Waals surface area (Å²) in [5.41, 5.74) is 4.02. The zero-order valence-electron chi connectivity index (χ0n) is 26.3. The lowest BCUT2D eigenvalue weighted by atomic mass is 10.0. The summed E-state index contributed by atoms with van der Waals surface area (Å²) in [6.45, 7) is 8.44. The summed E-state index contributed by atoms with van der Waals surface area (Å²) in [6, 6.07) is 25.6. The number of halogens is 1. The van der Waals surface area contributed by atoms with Gasteiger partial charge in [0, 0.05) is 24.6 Å². The minimum Gasteiger partial charge on any atom is -0.352 e. The third kappa shape index (κ3) is 8.36. The lowest BCUT2D eigenvalue weighted by Gasteiger charge is -2.34. The molecule has 2 amide bonds. The van der Waals surface area contributed by atoms with Gasteiger partial charge in [-0.2, -0.15) is 0 Å². The van der Waals surface area contributed by atoms with Crippen molar-refractivity contribution in [1.29, 1.82) is 0 Å². The maximum absolute atomic E-state index is 15.0. The molecular formula is C36H40FN3O4S. The second kappa shape index (κ2) is 14.5. The van der Waals surface area contributed by atoms with E-state index in [9.17, 15) is 18.0 Å². The Bertz CT molecular complexity index is 1740. The first-order valence-corrected chi connectivity index (χ1v) is 16.3. The molecule has 9 heteroatoms. The Kier molecular flexibility index (Phi) is 10.8. The van der Waals surface area contributed by atoms with Crippen LogP contribution in [0.25, 0.3) is 0 Å². The van der Waals surface area contributed by atoms with Crippen LogP contribution in [0.15, 0.2) is 102 Å². The summed E-state index contributed by atoms with van der Waals surface area (Å²) in [5, 5.41) is 2.90. The van der Waals surface area contributed by atoms with Gasteiger partial charge in [-0.1, -0.05) is 72.3 Å². The number of benzene rings is 4. The van der Waals surface area contributed by atoms with Crippen LogP contribution >= 0.6 is 0 Å². The van der Waals surface area contributed by atoms with Gasteiger partial charge in [-0.05, 0) is 81.6 Å². The van der Waals surface area contributed by atoms with Crippen LogP contribution in [0, 0.1) is 26.6 Å². The molecule has 4 aromatic rings. The molecule has 4 rings (SSSR count). The van der Waals surface area contributed by atoms with Crippen molar-refractivity contribution in [2.24, 2.45) is 0 Å². The first-order chi connectivity index (χ1) is 21.4. The van der Waals surface area contributed by atoms with E-state index in [0.29, 0.717) is 5.69 Å². The van der Waals surface area contributed by atoms with Gasteiger partial charge in [-0.25, -0.2) is 12.8 Å². The van der Waals surface area contributed by atoms with Crippen LogP contribution in [0.3, 0.4) is 0 Å². The molecule has 0 spiro atoms. The number of aryl methyl sites for hydroxylation is 3. The fourth-order valence-corrected chi connectivity index (χ4v) is 6.40. The van der Waals surface area contributed by atoms with Gasteiger partial charge in [0.05, 0.1) is 10.6 Å². The number of amides is 2. The molecule has 0 aromatic heterocycles. The molecule has 0 unspecified atom stereocenters. The maximum Gasteiger partial charge on any atom is 0.264 e. The Hall–Kier alpha value is -4.50. The smallest absolute Gasteiger partial charge is 0.264 e. The summed E-state index contributed by atoms with van der Waals surface area (Å²) < 4.78 is 44.4. The topological polar surface area (TPSA) is 86.8 Å². The molecule has 0 aliphatic heterocycles. The van der Waals surface area contributed by atoms with Crippen molar-refractivity contribution in [2.75, 3.05) is 10.8 Å². The summed E-state index contributed by atoms with van der Waals surface area (Å²) in [4.78, 5) is 29.5. The largest absolute Gasteiger partial charge is 0.352 e. The van der Waals surface area contributed by atoms with Crippen LogP contribution in [0.5, 0.6) is 0 Å². The number of rotatable bonds is 12. The van der Waals surface area contributed by atoms with Gasteiger partial charge >= 0.3 is 0 Å². The Morgan fingerprint density at radius 2 is 1.47 bits per heavy atom. The monoisotopic (exact) mass is 629 g/mol. The van der Waals surface area contributed by atoms with Gasteiger partial charge in [0.1, 0.15) is 18.4 Å². The first-order valence-electron chi connectivity index (χ1n) is 14.9. The average molecular weight is 630 g/mol. The number of hydrogen-bond acceptors (Lipinski definition) is 4. The predicted octanol–water partition coefficient (Wildman–Crippen LogP) is 6.11. The Morgan fingerprint density at radius 1 is 0.822 bits per heavy atom. The molecule has 236 valence electrons. The third-order valence-electron chi connectivity index (χ3n) is 7.67. The van der Waals surface area contributed by atoms with Gasteiger partial charge in [0.2, 0.25) is 11.8 Å². The van der Waals surface area contributed by atoms with E-state index in [1.807, 2.05) is 65.0 Å². The number of carbonyl (C=O) groups excluding carboxylic acids is 2. The van der Waals surface area contributed by atoms with Gasteiger partial charge in [0.25, 0.3) is 10.0 Å². The molecule has 0 heterocycles. The molecule has 0 saturated heterocycles. The van der Waals surface area contributed by atoms with E-state index >= 15 is 4.39 Å². The molecule has 1 N–H and O–H groups in total. The van der Waals surface area contributed by atoms with E-state index in [4.69, 9.17) is 0 Å². The first kappa shape index (κ1) is 33.4. The number of carbonyl (C=O) groups is 2. The van der Waals surface area contributed by atoms with E-state index in [1.54, 1.807) is 48.5 Å². The molecule has 0 fully saturated rings. The summed E-state index contributed by atoms with van der Waals surface area (Å²) in [7, 11) is -4.22. The highest BCUT2D eigenvalue weighted by Gasteiger charge is 2.35. The average Bonchev–Trinajstić information content (AvgIpc) is 3.00. The predicted molar refractivity (Wildman–Crippen MR) is 176 cm³/mol. The fourth-order valence-electron chi connectivity index (χ4n) is 4.99. The van der Waals surface area contributed by atoms with Crippen LogP contribution in [0.1, 0.15) is 41.7 Å². The van der Waals surface area contributed by atoms with E-state index < -0.39 is 40.2 Å². The molecule has 0 saturated carbocycles. The summed E-state index contributed by atoms with van der Waals surface area (Å²) in [6.07, 6.45) is 0.147. The molecular weight excluding hydrogens is 589 g/mol. The SMILES string of the molecule is Cc1ccc(S(=O)(=O)N(CC(=O)N(Cc2ccccc2F)[C@@H](Cc2ccccc2)C(=O)NC(C)C)c2ccc(C)c(C)c2)cc1. The van der Waals surface area contributed by atoms with Gasteiger partial charge in [0.15, 0.2) is 0 Å². The van der Waals surface area contributed by atoms with E-state index in [2.05, 4.69) is 5.32 Å². The molecule has 0 aliphatic rings. The number of anilines is 1. The zero-order chi connectivity index (χ0) is 32.7. The number of hydrogen-bond donors (Lipinski definition) is 1. The third-order valence-corrected chi connectivity index (χ3v) is 9.45. The molecule has 4 aromatic carbocycles. The van der Waals surface area contributed by atoms with Gasteiger partial charge in [-0.3, -0.25) is 13.9 Å². The maximum atomic E-state index is 15.0. The quantitative estimate of drug-likeness (QED) is 0.205. The molecule has 0 radical (unpaired) electrons. The van der Waals surface area contributed by atoms with E-state index in [1.165, 1.54) is 23.1 Å². The molecule has 45 heavy (non-hydrogen) atoms. The van der Waals surface area contributed by atoms with Crippen molar-refractivity contribution in [3.63, 3.8) is 0 Å². The molecule has 1 atom stereocenters. The Morgan fingerprint density at radius 3 is 2.09 bits per heavy atom. The van der Waals surface area contributed by atoms with Crippen molar-refractivity contribution in [2.45, 2.75) is 64.6 Å². The van der Waals surface area contributed by atoms with Gasteiger partial charge < -0.3 is 10.2 Å². The highest BCUT2D eigenvalue weighted by molar-refractivity contribution is 7.92. The molecule has 0 bridgehead atoms. The zero-order valence-corrected chi connectivity index (χ0v) is 27.1. The van der Waals surface area contributed by atoms with Crippen molar-refractivity contribution in [1.82, 2.24) is 10.2 Å². The van der Waals surface area contributed by atoms with Crippen molar-refractivity contribution in [3.05, 3.63) is 131 Å². The fraction of sp³-hybridized carbons (Fsp3) is 0.278. The molecule has 0 aliphatic carbocycles. The van der Waals surface area contributed by atoms with Gasteiger partial charge in [-0.15, -0.1) is 0 Å².